The summed E-state index contributed by atoms with van der Waals surface area (Å²) in [6.45, 7) is 0. The summed E-state index contributed by atoms with van der Waals surface area (Å²) in [6.07, 6.45) is 5.09. The molecule has 1 aromatic heterocycles. The van der Waals surface area contributed by atoms with Crippen LogP contribution in [0.1, 0.15) is 5.56 Å². The van der Waals surface area contributed by atoms with Crippen LogP contribution >= 0.6 is 0 Å². The molecule has 0 atom stereocenters. The molecule has 1 aliphatic heterocycles. The standard InChI is InChI=1S/C12H9N3O/c16-12-11(14-7-15-12)5-8-6-13-10-4-2-1-3-9(8)10/h1-7,13H,(H,14,15,16)/b11-5-. The number of aromatic nitrogens is 1. The smallest absolute Gasteiger partial charge is 0.294 e. The summed E-state index contributed by atoms with van der Waals surface area (Å²) in [6, 6.07) is 7.95. The fraction of sp³-hybridized carbons (Fsp3) is 0. The van der Waals surface area contributed by atoms with E-state index in [4.69, 9.17) is 0 Å². The summed E-state index contributed by atoms with van der Waals surface area (Å²) in [5.74, 6) is -0.231. The number of carbonyl (C=O) groups excluding carboxylic acids is 1. The Morgan fingerprint density at radius 1 is 1.25 bits per heavy atom. The van der Waals surface area contributed by atoms with Gasteiger partial charge >= 0.3 is 0 Å². The largest absolute Gasteiger partial charge is 0.361 e. The third-order valence-electron chi connectivity index (χ3n) is 2.55. The lowest BCUT2D eigenvalue weighted by atomic mass is 10.1. The van der Waals surface area contributed by atoms with Crippen LogP contribution in [0.2, 0.25) is 0 Å². The number of hydrogen-bond donors (Lipinski definition) is 2. The number of fused-ring (bicyclic) bond motifs is 1. The van der Waals surface area contributed by atoms with Gasteiger partial charge in [-0.15, -0.1) is 0 Å². The third kappa shape index (κ3) is 1.32. The zero-order chi connectivity index (χ0) is 11.0. The highest BCUT2D eigenvalue weighted by Gasteiger charge is 2.12. The SMILES string of the molecule is O=C1N=CN/C1=C\c1c[nH]c2ccccc12. The molecule has 0 aliphatic carbocycles. The quantitative estimate of drug-likeness (QED) is 0.705. The van der Waals surface area contributed by atoms with Crippen LogP contribution in [0.15, 0.2) is 41.2 Å². The minimum atomic E-state index is -0.231. The Balaban J connectivity index is 2.10. The molecule has 1 aromatic carbocycles. The molecule has 2 N–H and O–H groups in total. The van der Waals surface area contributed by atoms with Crippen LogP contribution in [-0.4, -0.2) is 17.2 Å². The zero-order valence-corrected chi connectivity index (χ0v) is 8.40. The van der Waals surface area contributed by atoms with E-state index in [9.17, 15) is 4.79 Å². The molecule has 3 rings (SSSR count). The Kier molecular flexibility index (Phi) is 1.86. The molecule has 0 saturated heterocycles. The van der Waals surface area contributed by atoms with Gasteiger partial charge in [-0.2, -0.15) is 4.99 Å². The van der Waals surface area contributed by atoms with Crippen LogP contribution in [0.3, 0.4) is 0 Å². The van der Waals surface area contributed by atoms with Crippen LogP contribution in [-0.2, 0) is 4.79 Å². The molecule has 78 valence electrons. The first-order valence-electron chi connectivity index (χ1n) is 4.96. The maximum absolute atomic E-state index is 11.3. The number of para-hydroxylation sites is 1. The van der Waals surface area contributed by atoms with E-state index in [0.29, 0.717) is 5.70 Å². The van der Waals surface area contributed by atoms with Crippen LogP contribution in [0.4, 0.5) is 0 Å². The van der Waals surface area contributed by atoms with E-state index in [0.717, 1.165) is 16.5 Å². The number of hydrogen-bond acceptors (Lipinski definition) is 2. The Morgan fingerprint density at radius 3 is 2.94 bits per heavy atom. The molecule has 0 saturated carbocycles. The van der Waals surface area contributed by atoms with Crippen molar-refractivity contribution >= 4 is 29.2 Å². The number of aliphatic imine (C=N–C) groups is 1. The van der Waals surface area contributed by atoms with Gasteiger partial charge in [0.25, 0.3) is 5.91 Å². The van der Waals surface area contributed by atoms with Crippen LogP contribution in [0, 0.1) is 0 Å². The predicted molar refractivity (Wildman–Crippen MR) is 62.9 cm³/mol. The van der Waals surface area contributed by atoms with Crippen molar-refractivity contribution in [2.45, 2.75) is 0 Å². The monoisotopic (exact) mass is 211 g/mol. The molecule has 0 unspecified atom stereocenters. The van der Waals surface area contributed by atoms with Crippen LogP contribution in [0.5, 0.6) is 0 Å². The maximum atomic E-state index is 11.3. The molecular weight excluding hydrogens is 202 g/mol. The predicted octanol–water partition coefficient (Wildman–Crippen LogP) is 1.67. The topological polar surface area (TPSA) is 57.2 Å². The van der Waals surface area contributed by atoms with E-state index < -0.39 is 0 Å². The highest BCUT2D eigenvalue weighted by molar-refractivity contribution is 6.08. The number of nitrogens with zero attached hydrogens (tertiary/aromatic N) is 1. The lowest BCUT2D eigenvalue weighted by Gasteiger charge is -1.94. The van der Waals surface area contributed by atoms with E-state index in [1.54, 1.807) is 6.08 Å². The van der Waals surface area contributed by atoms with Crippen molar-refractivity contribution in [2.24, 2.45) is 4.99 Å². The van der Waals surface area contributed by atoms with Gasteiger partial charge in [0.2, 0.25) is 0 Å². The van der Waals surface area contributed by atoms with E-state index in [-0.39, 0.29) is 5.91 Å². The third-order valence-corrected chi connectivity index (χ3v) is 2.55. The van der Waals surface area contributed by atoms with Gasteiger partial charge in [0, 0.05) is 22.7 Å². The summed E-state index contributed by atoms with van der Waals surface area (Å²) in [5, 5.41) is 3.91. The first kappa shape index (κ1) is 8.91. The minimum absolute atomic E-state index is 0.231. The first-order chi connectivity index (χ1) is 7.84. The highest BCUT2D eigenvalue weighted by atomic mass is 16.1. The molecule has 16 heavy (non-hydrogen) atoms. The molecule has 0 fully saturated rings. The molecule has 1 amide bonds. The Morgan fingerprint density at radius 2 is 2.12 bits per heavy atom. The normalized spacial score (nSPS) is 17.2. The molecule has 4 nitrogen and oxygen atoms in total. The van der Waals surface area contributed by atoms with E-state index in [1.807, 2.05) is 30.5 Å². The number of H-pyrrole nitrogens is 1. The molecular formula is C12H9N3O. The highest BCUT2D eigenvalue weighted by Crippen LogP contribution is 2.20. The summed E-state index contributed by atoms with van der Waals surface area (Å²) >= 11 is 0. The average molecular weight is 211 g/mol. The summed E-state index contributed by atoms with van der Waals surface area (Å²) in [7, 11) is 0. The average Bonchev–Trinajstić information content (AvgIpc) is 2.88. The number of rotatable bonds is 1. The minimum Gasteiger partial charge on any atom is -0.361 e. The van der Waals surface area contributed by atoms with Crippen molar-refractivity contribution in [1.82, 2.24) is 10.3 Å². The van der Waals surface area contributed by atoms with Gasteiger partial charge in [-0.1, -0.05) is 18.2 Å². The van der Waals surface area contributed by atoms with E-state index in [1.165, 1.54) is 6.34 Å². The summed E-state index contributed by atoms with van der Waals surface area (Å²) < 4.78 is 0. The zero-order valence-electron chi connectivity index (χ0n) is 8.40. The molecule has 0 spiro atoms. The molecule has 1 aliphatic rings. The van der Waals surface area contributed by atoms with Crippen molar-refractivity contribution in [2.75, 3.05) is 0 Å². The number of amides is 1. The summed E-state index contributed by atoms with van der Waals surface area (Å²) in [5.41, 5.74) is 2.54. The van der Waals surface area contributed by atoms with E-state index >= 15 is 0 Å². The number of nitrogens with one attached hydrogen (secondary N) is 2. The molecule has 0 bridgehead atoms. The fourth-order valence-corrected chi connectivity index (χ4v) is 1.76. The van der Waals surface area contributed by atoms with Crippen LogP contribution in [0.25, 0.3) is 17.0 Å². The van der Waals surface area contributed by atoms with Crippen LogP contribution < -0.4 is 5.32 Å². The lowest BCUT2D eigenvalue weighted by molar-refractivity contribution is -0.114. The Bertz CT molecular complexity index is 622. The van der Waals surface area contributed by atoms with Gasteiger partial charge < -0.3 is 10.3 Å². The second kappa shape index (κ2) is 3.34. The van der Waals surface area contributed by atoms with Gasteiger partial charge in [0.05, 0.1) is 6.34 Å². The number of benzene rings is 1. The van der Waals surface area contributed by atoms with Crippen molar-refractivity contribution in [3.8, 4) is 0 Å². The second-order valence-electron chi connectivity index (χ2n) is 3.56. The van der Waals surface area contributed by atoms with Crippen molar-refractivity contribution in [3.63, 3.8) is 0 Å². The Hall–Kier alpha value is -2.36. The molecule has 2 aromatic rings. The lowest BCUT2D eigenvalue weighted by Crippen LogP contribution is -2.07. The van der Waals surface area contributed by atoms with E-state index in [2.05, 4.69) is 15.3 Å². The van der Waals surface area contributed by atoms with Gasteiger partial charge in [-0.25, -0.2) is 0 Å². The second-order valence-corrected chi connectivity index (χ2v) is 3.56. The number of aromatic amines is 1. The first-order valence-corrected chi connectivity index (χ1v) is 4.96. The van der Waals surface area contributed by atoms with Gasteiger partial charge in [0.1, 0.15) is 5.70 Å². The van der Waals surface area contributed by atoms with Crippen molar-refractivity contribution in [1.29, 1.82) is 0 Å². The summed E-state index contributed by atoms with van der Waals surface area (Å²) in [4.78, 5) is 18.1. The maximum Gasteiger partial charge on any atom is 0.294 e. The van der Waals surface area contributed by atoms with Gasteiger partial charge in [0.15, 0.2) is 0 Å². The molecule has 0 radical (unpaired) electrons. The number of carbonyl (C=O) groups is 1. The van der Waals surface area contributed by atoms with Gasteiger partial charge in [-0.05, 0) is 12.1 Å². The fourth-order valence-electron chi connectivity index (χ4n) is 1.76. The van der Waals surface area contributed by atoms with Gasteiger partial charge in [-0.3, -0.25) is 4.79 Å². The Labute approximate surface area is 91.7 Å². The van der Waals surface area contributed by atoms with Crippen molar-refractivity contribution in [3.05, 3.63) is 41.7 Å². The van der Waals surface area contributed by atoms with Crippen molar-refractivity contribution < 1.29 is 4.79 Å². The molecule has 2 heterocycles. The molecule has 4 heteroatoms.